The van der Waals surface area contributed by atoms with E-state index in [2.05, 4.69) is 45.0 Å². The second-order valence-corrected chi connectivity index (χ2v) is 20.8. The fraction of sp³-hybridized carbons (Fsp3) is 0.483. The Bertz CT molecular complexity index is 1180. The first-order valence-corrected chi connectivity index (χ1v) is 18.5. The number of hydrogen-bond acceptors (Lipinski definition) is 8. The predicted octanol–water partition coefficient (Wildman–Crippen LogP) is 3.33. The Morgan fingerprint density at radius 1 is 0.974 bits per heavy atom. The first-order chi connectivity index (χ1) is 18.2. The zero-order valence-electron chi connectivity index (χ0n) is 23.7. The van der Waals surface area contributed by atoms with Crippen molar-refractivity contribution in [2.75, 3.05) is 13.7 Å². The quantitative estimate of drug-likeness (QED) is 0.271. The Morgan fingerprint density at radius 3 is 1.92 bits per heavy atom. The van der Waals surface area contributed by atoms with Crippen molar-refractivity contribution in [3.8, 4) is 0 Å². The van der Waals surface area contributed by atoms with Crippen molar-refractivity contribution < 1.29 is 37.4 Å². The third-order valence-corrected chi connectivity index (χ3v) is 13.4. The summed E-state index contributed by atoms with van der Waals surface area (Å²) in [5, 5.41) is 1.71. The van der Waals surface area contributed by atoms with Crippen LogP contribution in [0.15, 0.2) is 60.7 Å². The molecule has 8 nitrogen and oxygen atoms in total. The van der Waals surface area contributed by atoms with E-state index in [1.165, 1.54) is 7.11 Å². The Labute approximate surface area is 232 Å². The van der Waals surface area contributed by atoms with E-state index in [0.717, 1.165) is 10.4 Å². The number of esters is 3. The van der Waals surface area contributed by atoms with E-state index in [1.54, 1.807) is 0 Å². The van der Waals surface area contributed by atoms with Crippen molar-refractivity contribution >= 4 is 44.9 Å². The standard InChI is InChI=1S/C29H38O8Si2/c1-27(2,3)39(21-14-10-8-11-15-21,22-16-12-9-13-17-22)34-20-23-29(26(32)33-4,37-38(5,6)7)28(25(31)35-23)19-18-24(30)36-28/h8-17,23H,18-20H2,1-7H3/t23-,28+,29-/m1/s1. The van der Waals surface area contributed by atoms with E-state index in [4.69, 9.17) is 23.1 Å². The van der Waals surface area contributed by atoms with Gasteiger partial charge in [0.2, 0.25) is 5.60 Å². The zero-order chi connectivity index (χ0) is 28.7. The Morgan fingerprint density at radius 2 is 1.51 bits per heavy atom. The fourth-order valence-corrected chi connectivity index (χ4v) is 11.8. The summed E-state index contributed by atoms with van der Waals surface area (Å²) in [6.07, 6.45) is -1.28. The molecule has 3 atom stereocenters. The van der Waals surface area contributed by atoms with Crippen LogP contribution in [0.2, 0.25) is 24.7 Å². The van der Waals surface area contributed by atoms with Crippen molar-refractivity contribution in [2.45, 2.75) is 75.6 Å². The molecule has 10 heteroatoms. The van der Waals surface area contributed by atoms with Crippen LogP contribution in [0.1, 0.15) is 33.6 Å². The number of rotatable bonds is 8. The van der Waals surface area contributed by atoms with Gasteiger partial charge in [-0.15, -0.1) is 0 Å². The molecular weight excluding hydrogens is 532 g/mol. The van der Waals surface area contributed by atoms with Crippen molar-refractivity contribution in [2.24, 2.45) is 0 Å². The van der Waals surface area contributed by atoms with Crippen LogP contribution in [0, 0.1) is 0 Å². The molecule has 2 heterocycles. The molecule has 4 rings (SSSR count). The minimum Gasteiger partial charge on any atom is -0.467 e. The van der Waals surface area contributed by atoms with Gasteiger partial charge in [-0.3, -0.25) is 4.79 Å². The maximum absolute atomic E-state index is 13.7. The highest BCUT2D eigenvalue weighted by molar-refractivity contribution is 6.99. The number of ether oxygens (including phenoxy) is 3. The van der Waals surface area contributed by atoms with Gasteiger partial charge in [-0.2, -0.15) is 0 Å². The summed E-state index contributed by atoms with van der Waals surface area (Å²) >= 11 is 0. The topological polar surface area (TPSA) is 97.4 Å². The van der Waals surface area contributed by atoms with Crippen LogP contribution in [-0.4, -0.2) is 65.6 Å². The number of carbonyl (C=O) groups is 3. The predicted molar refractivity (Wildman–Crippen MR) is 151 cm³/mol. The highest BCUT2D eigenvalue weighted by atomic mass is 28.4. The summed E-state index contributed by atoms with van der Waals surface area (Å²) < 4.78 is 30.4. The second-order valence-electron chi connectivity index (χ2n) is 12.1. The molecule has 0 radical (unpaired) electrons. The lowest BCUT2D eigenvalue weighted by molar-refractivity contribution is -0.194. The molecule has 1 spiro atoms. The van der Waals surface area contributed by atoms with Crippen molar-refractivity contribution in [1.82, 2.24) is 0 Å². The SMILES string of the molecule is COC(=O)[C@]1(O[Si](C)(C)C)[C@@H](CO[Si](c2ccccc2)(c2ccccc2)C(C)(C)C)OC(=O)[C@@]12CCC(=O)O2. The van der Waals surface area contributed by atoms with Gasteiger partial charge < -0.3 is 23.1 Å². The smallest absolute Gasteiger partial charge is 0.355 e. The molecule has 210 valence electrons. The second kappa shape index (κ2) is 10.3. The Balaban J connectivity index is 1.88. The molecule has 39 heavy (non-hydrogen) atoms. The fourth-order valence-electron chi connectivity index (χ4n) is 5.93. The molecular formula is C29H38O8Si2. The summed E-state index contributed by atoms with van der Waals surface area (Å²) in [5.41, 5.74) is -3.93. The van der Waals surface area contributed by atoms with E-state index < -0.39 is 51.8 Å². The summed E-state index contributed by atoms with van der Waals surface area (Å²) in [4.78, 5) is 39.6. The molecule has 0 aliphatic carbocycles. The average molecular weight is 571 g/mol. The lowest BCUT2D eigenvalue weighted by Gasteiger charge is -2.45. The molecule has 2 aromatic rings. The van der Waals surface area contributed by atoms with E-state index in [9.17, 15) is 14.4 Å². The molecule has 0 saturated carbocycles. The molecule has 2 saturated heterocycles. The highest BCUT2D eigenvalue weighted by Gasteiger charge is 2.79. The minimum atomic E-state index is -3.07. The normalized spacial score (nSPS) is 25.5. The molecule has 0 bridgehead atoms. The zero-order valence-corrected chi connectivity index (χ0v) is 25.7. The monoisotopic (exact) mass is 570 g/mol. The number of methoxy groups -OCH3 is 1. The highest BCUT2D eigenvalue weighted by Crippen LogP contribution is 2.50. The molecule has 2 aliphatic rings. The van der Waals surface area contributed by atoms with Gasteiger partial charge >= 0.3 is 17.9 Å². The molecule has 2 aliphatic heterocycles. The summed E-state index contributed by atoms with van der Waals surface area (Å²) in [6.45, 7) is 11.9. The molecule has 2 fully saturated rings. The van der Waals surface area contributed by atoms with Crippen LogP contribution < -0.4 is 10.4 Å². The van der Waals surface area contributed by atoms with Crippen LogP contribution in [0.3, 0.4) is 0 Å². The maximum Gasteiger partial charge on any atom is 0.355 e. The molecule has 2 aromatic carbocycles. The van der Waals surface area contributed by atoms with Gasteiger partial charge in [0.1, 0.15) is 0 Å². The third kappa shape index (κ3) is 4.77. The van der Waals surface area contributed by atoms with Gasteiger partial charge in [-0.1, -0.05) is 81.4 Å². The molecule has 0 N–H and O–H groups in total. The summed E-state index contributed by atoms with van der Waals surface area (Å²) in [7, 11) is -4.41. The van der Waals surface area contributed by atoms with Crippen LogP contribution in [0.5, 0.6) is 0 Å². The van der Waals surface area contributed by atoms with Gasteiger partial charge in [0.25, 0.3) is 13.9 Å². The maximum atomic E-state index is 13.7. The van der Waals surface area contributed by atoms with Crippen molar-refractivity contribution in [3.63, 3.8) is 0 Å². The Hall–Kier alpha value is -2.80. The average Bonchev–Trinajstić information content (AvgIpc) is 3.38. The van der Waals surface area contributed by atoms with E-state index in [1.807, 2.05) is 56.0 Å². The van der Waals surface area contributed by atoms with Crippen LogP contribution in [0.4, 0.5) is 0 Å². The van der Waals surface area contributed by atoms with Gasteiger partial charge in [-0.05, 0) is 35.1 Å². The van der Waals surface area contributed by atoms with Crippen molar-refractivity contribution in [1.29, 1.82) is 0 Å². The molecule has 0 unspecified atom stereocenters. The van der Waals surface area contributed by atoms with Gasteiger partial charge in [0, 0.05) is 6.42 Å². The van der Waals surface area contributed by atoms with Crippen LogP contribution in [-0.2, 0) is 37.4 Å². The summed E-state index contributed by atoms with van der Waals surface area (Å²) in [5.74, 6) is -2.22. The van der Waals surface area contributed by atoms with E-state index >= 15 is 0 Å². The third-order valence-electron chi connectivity index (χ3n) is 7.43. The van der Waals surface area contributed by atoms with Gasteiger partial charge in [0.15, 0.2) is 14.4 Å². The van der Waals surface area contributed by atoms with Gasteiger partial charge in [0.05, 0.1) is 20.1 Å². The molecule has 0 amide bonds. The first kappa shape index (κ1) is 29.2. The lowest BCUT2D eigenvalue weighted by atomic mass is 9.79. The Kier molecular flexibility index (Phi) is 7.72. The molecule has 0 aromatic heterocycles. The van der Waals surface area contributed by atoms with E-state index in [0.29, 0.717) is 0 Å². The summed E-state index contributed by atoms with van der Waals surface area (Å²) in [6, 6.07) is 20.0. The van der Waals surface area contributed by atoms with Crippen LogP contribution in [0.25, 0.3) is 0 Å². The largest absolute Gasteiger partial charge is 0.467 e. The number of carbonyl (C=O) groups excluding carboxylic acids is 3. The number of benzene rings is 2. The minimum absolute atomic E-state index is 0.0365. The van der Waals surface area contributed by atoms with Crippen LogP contribution >= 0.6 is 0 Å². The first-order valence-electron chi connectivity index (χ1n) is 13.2. The number of hydrogen-bond donors (Lipinski definition) is 0. The lowest BCUT2D eigenvalue weighted by Crippen LogP contribution is -2.70. The van der Waals surface area contributed by atoms with E-state index in [-0.39, 0.29) is 24.5 Å². The van der Waals surface area contributed by atoms with Gasteiger partial charge in [-0.25, -0.2) is 9.59 Å². The number of cyclic esters (lactones) is 1. The van der Waals surface area contributed by atoms with Crippen molar-refractivity contribution in [3.05, 3.63) is 60.7 Å².